The SMILES string of the molecule is Cc1cc(N2CCN(C(=O)CCN3C(=O)c4ccccc4C3=O)CC2)nc2ccccc12. The normalized spacial score (nSPS) is 16.1. The Morgan fingerprint density at radius 1 is 0.906 bits per heavy atom. The molecule has 1 saturated heterocycles. The number of aryl methyl sites for hydroxylation is 1. The maximum atomic E-state index is 12.8. The Hall–Kier alpha value is -3.74. The number of rotatable bonds is 4. The first-order chi connectivity index (χ1) is 15.5. The van der Waals surface area contributed by atoms with Crippen LogP contribution in [0.2, 0.25) is 0 Å². The molecule has 0 unspecified atom stereocenters. The largest absolute Gasteiger partial charge is 0.353 e. The molecule has 1 fully saturated rings. The van der Waals surface area contributed by atoms with E-state index in [1.807, 2.05) is 23.1 Å². The fraction of sp³-hybridized carbons (Fsp3) is 0.280. The molecule has 32 heavy (non-hydrogen) atoms. The monoisotopic (exact) mass is 428 g/mol. The first-order valence-corrected chi connectivity index (χ1v) is 10.9. The Kier molecular flexibility index (Phi) is 5.09. The average Bonchev–Trinajstić information content (AvgIpc) is 3.07. The van der Waals surface area contributed by atoms with E-state index in [0.717, 1.165) is 16.7 Å². The molecule has 0 radical (unpaired) electrons. The van der Waals surface area contributed by atoms with Crippen molar-refractivity contribution >= 4 is 34.4 Å². The summed E-state index contributed by atoms with van der Waals surface area (Å²) in [6.45, 7) is 4.78. The van der Waals surface area contributed by atoms with Gasteiger partial charge in [-0.3, -0.25) is 19.3 Å². The number of aromatic nitrogens is 1. The molecule has 5 rings (SSSR count). The molecular formula is C25H24N4O3. The standard InChI is InChI=1S/C25H24N4O3/c1-17-16-22(26-21-9-5-4-6-18(17)21)27-12-14-28(15-13-27)23(30)10-11-29-24(31)19-7-2-3-8-20(19)25(29)32/h2-9,16H,10-15H2,1H3. The number of piperazine rings is 1. The van der Waals surface area contributed by atoms with E-state index in [4.69, 9.17) is 4.98 Å². The molecular weight excluding hydrogens is 404 g/mol. The summed E-state index contributed by atoms with van der Waals surface area (Å²) in [5, 5.41) is 1.15. The van der Waals surface area contributed by atoms with Gasteiger partial charge in [0.05, 0.1) is 16.6 Å². The van der Waals surface area contributed by atoms with E-state index in [2.05, 4.69) is 24.0 Å². The lowest BCUT2D eigenvalue weighted by molar-refractivity contribution is -0.131. The van der Waals surface area contributed by atoms with E-state index in [1.165, 1.54) is 10.5 Å². The van der Waals surface area contributed by atoms with Crippen LogP contribution in [0.25, 0.3) is 10.9 Å². The van der Waals surface area contributed by atoms with Crippen LogP contribution in [0.5, 0.6) is 0 Å². The van der Waals surface area contributed by atoms with Crippen molar-refractivity contribution in [2.75, 3.05) is 37.6 Å². The lowest BCUT2D eigenvalue weighted by Crippen LogP contribution is -2.49. The second kappa shape index (κ2) is 8.07. The molecule has 162 valence electrons. The molecule has 2 aliphatic rings. The van der Waals surface area contributed by atoms with Crippen LogP contribution in [0.3, 0.4) is 0 Å². The average molecular weight is 428 g/mol. The zero-order valence-corrected chi connectivity index (χ0v) is 18.0. The number of hydrogen-bond acceptors (Lipinski definition) is 5. The van der Waals surface area contributed by atoms with Crippen LogP contribution < -0.4 is 4.90 Å². The highest BCUT2D eigenvalue weighted by Gasteiger charge is 2.35. The van der Waals surface area contributed by atoms with Crippen LogP contribution in [0.1, 0.15) is 32.7 Å². The van der Waals surface area contributed by atoms with Crippen LogP contribution in [-0.2, 0) is 4.79 Å². The number of pyridine rings is 1. The lowest BCUT2D eigenvalue weighted by Gasteiger charge is -2.36. The Bertz CT molecular complexity index is 1200. The minimum absolute atomic E-state index is 0.0381. The molecule has 2 aliphatic heterocycles. The molecule has 7 heteroatoms. The second-order valence-corrected chi connectivity index (χ2v) is 8.24. The third-order valence-electron chi connectivity index (χ3n) is 6.29. The molecule has 3 aromatic rings. The van der Waals surface area contributed by atoms with Gasteiger partial charge in [-0.1, -0.05) is 30.3 Å². The number of benzene rings is 2. The summed E-state index contributed by atoms with van der Waals surface area (Å²) >= 11 is 0. The van der Waals surface area contributed by atoms with Crippen molar-refractivity contribution in [3.8, 4) is 0 Å². The van der Waals surface area contributed by atoms with E-state index >= 15 is 0 Å². The maximum absolute atomic E-state index is 12.8. The van der Waals surface area contributed by atoms with Gasteiger partial charge in [-0.15, -0.1) is 0 Å². The fourth-order valence-corrected chi connectivity index (χ4v) is 4.49. The topological polar surface area (TPSA) is 73.8 Å². The lowest BCUT2D eigenvalue weighted by atomic mass is 10.1. The maximum Gasteiger partial charge on any atom is 0.261 e. The van der Waals surface area contributed by atoms with E-state index < -0.39 is 0 Å². The molecule has 2 aromatic carbocycles. The zero-order valence-electron chi connectivity index (χ0n) is 18.0. The molecule has 0 N–H and O–H groups in total. The first kappa shape index (κ1) is 20.2. The number of amides is 3. The van der Waals surface area contributed by atoms with Crippen molar-refractivity contribution in [3.05, 3.63) is 71.3 Å². The van der Waals surface area contributed by atoms with Gasteiger partial charge in [-0.25, -0.2) is 4.98 Å². The predicted octanol–water partition coefficient (Wildman–Crippen LogP) is 2.88. The smallest absolute Gasteiger partial charge is 0.261 e. The summed E-state index contributed by atoms with van der Waals surface area (Å²) in [5.74, 6) is 0.255. The van der Waals surface area contributed by atoms with Crippen molar-refractivity contribution in [1.82, 2.24) is 14.8 Å². The molecule has 7 nitrogen and oxygen atoms in total. The Balaban J connectivity index is 1.19. The number of carbonyl (C=O) groups is 3. The quantitative estimate of drug-likeness (QED) is 0.598. The molecule has 0 aliphatic carbocycles. The summed E-state index contributed by atoms with van der Waals surface area (Å²) in [6, 6.07) is 17.0. The van der Waals surface area contributed by atoms with Gasteiger partial charge in [0.15, 0.2) is 0 Å². The van der Waals surface area contributed by atoms with Crippen molar-refractivity contribution in [2.24, 2.45) is 0 Å². The number of carbonyl (C=O) groups excluding carboxylic acids is 3. The van der Waals surface area contributed by atoms with Gasteiger partial charge >= 0.3 is 0 Å². The number of hydrogen-bond donors (Lipinski definition) is 0. The Morgan fingerprint density at radius 3 is 2.22 bits per heavy atom. The zero-order chi connectivity index (χ0) is 22.2. The highest BCUT2D eigenvalue weighted by atomic mass is 16.2. The number of para-hydroxylation sites is 1. The van der Waals surface area contributed by atoms with Crippen LogP contribution in [0.15, 0.2) is 54.6 Å². The van der Waals surface area contributed by atoms with Crippen molar-refractivity contribution in [2.45, 2.75) is 13.3 Å². The summed E-state index contributed by atoms with van der Waals surface area (Å²) < 4.78 is 0. The van der Waals surface area contributed by atoms with Gasteiger partial charge in [0.1, 0.15) is 5.82 Å². The molecule has 3 amide bonds. The molecule has 3 heterocycles. The number of imide groups is 1. The van der Waals surface area contributed by atoms with Crippen LogP contribution >= 0.6 is 0 Å². The summed E-state index contributed by atoms with van der Waals surface area (Å²) in [7, 11) is 0. The van der Waals surface area contributed by atoms with Crippen molar-refractivity contribution in [3.63, 3.8) is 0 Å². The van der Waals surface area contributed by atoms with E-state index in [1.54, 1.807) is 24.3 Å². The molecule has 0 saturated carbocycles. The third-order valence-corrected chi connectivity index (χ3v) is 6.29. The van der Waals surface area contributed by atoms with E-state index in [9.17, 15) is 14.4 Å². The number of fused-ring (bicyclic) bond motifs is 2. The first-order valence-electron chi connectivity index (χ1n) is 10.9. The van der Waals surface area contributed by atoms with Crippen LogP contribution in [0.4, 0.5) is 5.82 Å². The minimum Gasteiger partial charge on any atom is -0.353 e. The third kappa shape index (κ3) is 3.49. The fourth-order valence-electron chi connectivity index (χ4n) is 4.49. The molecule has 1 aromatic heterocycles. The van der Waals surface area contributed by atoms with Gasteiger partial charge in [0.25, 0.3) is 11.8 Å². The molecule has 0 bridgehead atoms. The predicted molar refractivity (Wildman–Crippen MR) is 122 cm³/mol. The number of anilines is 1. The van der Waals surface area contributed by atoms with Gasteiger partial charge < -0.3 is 9.80 Å². The Labute approximate surface area is 186 Å². The van der Waals surface area contributed by atoms with Gasteiger partial charge in [-0.2, -0.15) is 0 Å². The highest BCUT2D eigenvalue weighted by molar-refractivity contribution is 6.21. The molecule has 0 spiro atoms. The molecule has 0 atom stereocenters. The van der Waals surface area contributed by atoms with Gasteiger partial charge in [0, 0.05) is 44.5 Å². The summed E-state index contributed by atoms with van der Waals surface area (Å²) in [4.78, 5) is 47.7. The van der Waals surface area contributed by atoms with E-state index in [0.29, 0.717) is 37.3 Å². The highest BCUT2D eigenvalue weighted by Crippen LogP contribution is 2.24. The van der Waals surface area contributed by atoms with Crippen LogP contribution in [0, 0.1) is 6.92 Å². The van der Waals surface area contributed by atoms with Gasteiger partial charge in [-0.05, 0) is 36.8 Å². The number of nitrogens with zero attached hydrogens (tertiary/aromatic N) is 4. The summed E-state index contributed by atoms with van der Waals surface area (Å²) in [5.41, 5.74) is 2.99. The van der Waals surface area contributed by atoms with E-state index in [-0.39, 0.29) is 30.7 Å². The van der Waals surface area contributed by atoms with Crippen molar-refractivity contribution < 1.29 is 14.4 Å². The van der Waals surface area contributed by atoms with Crippen molar-refractivity contribution in [1.29, 1.82) is 0 Å². The van der Waals surface area contributed by atoms with Gasteiger partial charge in [0.2, 0.25) is 5.91 Å². The second-order valence-electron chi connectivity index (χ2n) is 8.24. The summed E-state index contributed by atoms with van der Waals surface area (Å²) in [6.07, 6.45) is 0.138. The minimum atomic E-state index is -0.319. The van der Waals surface area contributed by atoms with Crippen LogP contribution in [-0.4, -0.2) is 65.2 Å². The Morgan fingerprint density at radius 2 is 1.53 bits per heavy atom.